The molecule has 0 saturated carbocycles. The Morgan fingerprint density at radius 2 is 2.15 bits per heavy atom. The lowest BCUT2D eigenvalue weighted by atomic mass is 9.76. The largest absolute Gasteiger partial charge is 0.444 e. The van der Waals surface area contributed by atoms with Crippen molar-refractivity contribution in [2.24, 2.45) is 5.92 Å². The van der Waals surface area contributed by atoms with E-state index in [1.807, 2.05) is 20.8 Å². The summed E-state index contributed by atoms with van der Waals surface area (Å²) in [4.78, 5) is 25.9. The first-order valence-electron chi connectivity index (χ1n) is 7.44. The van der Waals surface area contributed by atoms with Gasteiger partial charge in [0.05, 0.1) is 6.61 Å². The molecule has 2 heterocycles. The van der Waals surface area contributed by atoms with Crippen molar-refractivity contribution >= 4 is 12.4 Å². The molecule has 114 valence electrons. The highest BCUT2D eigenvalue weighted by Gasteiger charge is 2.49. The molecule has 2 aliphatic heterocycles. The summed E-state index contributed by atoms with van der Waals surface area (Å²) in [5.74, 6) is 0.0906. The Morgan fingerprint density at radius 1 is 1.40 bits per heavy atom. The van der Waals surface area contributed by atoms with Gasteiger partial charge in [-0.05, 0) is 46.5 Å². The van der Waals surface area contributed by atoms with E-state index < -0.39 is 11.1 Å². The predicted molar refractivity (Wildman–Crippen MR) is 74.5 cm³/mol. The topological polar surface area (TPSA) is 55.8 Å². The SMILES string of the molecule is CC(C)(C)OC(=O)N1CCCCC1(C=O)C1CCOC1. The molecule has 0 aromatic heterocycles. The Hall–Kier alpha value is -1.10. The van der Waals surface area contributed by atoms with Crippen molar-refractivity contribution in [1.29, 1.82) is 0 Å². The van der Waals surface area contributed by atoms with E-state index in [9.17, 15) is 9.59 Å². The molecule has 2 aliphatic rings. The Balaban J connectivity index is 2.22. The third kappa shape index (κ3) is 2.97. The smallest absolute Gasteiger partial charge is 0.411 e. The van der Waals surface area contributed by atoms with Crippen LogP contribution in [-0.4, -0.2) is 48.2 Å². The maximum Gasteiger partial charge on any atom is 0.411 e. The molecule has 2 atom stereocenters. The number of aldehydes is 1. The first-order valence-corrected chi connectivity index (χ1v) is 7.44. The minimum atomic E-state index is -0.739. The molecule has 20 heavy (non-hydrogen) atoms. The lowest BCUT2D eigenvalue weighted by molar-refractivity contribution is -0.125. The molecule has 0 aliphatic carbocycles. The van der Waals surface area contributed by atoms with Gasteiger partial charge in [0.25, 0.3) is 0 Å². The van der Waals surface area contributed by atoms with Crippen molar-refractivity contribution < 1.29 is 19.1 Å². The van der Waals surface area contributed by atoms with Crippen LogP contribution >= 0.6 is 0 Å². The molecule has 2 unspecified atom stereocenters. The minimum Gasteiger partial charge on any atom is -0.444 e. The van der Waals surface area contributed by atoms with E-state index >= 15 is 0 Å². The number of hydrogen-bond donors (Lipinski definition) is 0. The molecule has 0 radical (unpaired) electrons. The number of rotatable bonds is 2. The van der Waals surface area contributed by atoms with Gasteiger partial charge in [-0.1, -0.05) is 0 Å². The van der Waals surface area contributed by atoms with Gasteiger partial charge in [-0.3, -0.25) is 4.90 Å². The van der Waals surface area contributed by atoms with Crippen molar-refractivity contribution in [3.8, 4) is 0 Å². The minimum absolute atomic E-state index is 0.0906. The quantitative estimate of drug-likeness (QED) is 0.730. The molecule has 0 spiro atoms. The molecule has 0 bridgehead atoms. The average Bonchev–Trinajstić information content (AvgIpc) is 2.90. The van der Waals surface area contributed by atoms with E-state index in [4.69, 9.17) is 9.47 Å². The van der Waals surface area contributed by atoms with E-state index in [-0.39, 0.29) is 12.0 Å². The van der Waals surface area contributed by atoms with Crippen LogP contribution in [0.25, 0.3) is 0 Å². The Morgan fingerprint density at radius 3 is 2.70 bits per heavy atom. The van der Waals surface area contributed by atoms with Crippen LogP contribution < -0.4 is 0 Å². The van der Waals surface area contributed by atoms with Crippen molar-refractivity contribution in [2.75, 3.05) is 19.8 Å². The highest BCUT2D eigenvalue weighted by atomic mass is 16.6. The van der Waals surface area contributed by atoms with Crippen LogP contribution in [0.1, 0.15) is 46.5 Å². The zero-order valence-electron chi connectivity index (χ0n) is 12.7. The first-order chi connectivity index (χ1) is 9.39. The molecular formula is C15H25NO4. The molecule has 2 fully saturated rings. The molecule has 0 aromatic rings. The maximum atomic E-state index is 12.4. The van der Waals surface area contributed by atoms with E-state index in [1.54, 1.807) is 4.90 Å². The normalized spacial score (nSPS) is 31.1. The lowest BCUT2D eigenvalue weighted by Gasteiger charge is -2.46. The van der Waals surface area contributed by atoms with E-state index in [2.05, 4.69) is 0 Å². The van der Waals surface area contributed by atoms with Crippen LogP contribution in [0.4, 0.5) is 4.79 Å². The number of ether oxygens (including phenoxy) is 2. The van der Waals surface area contributed by atoms with Crippen LogP contribution in [0.3, 0.4) is 0 Å². The summed E-state index contributed by atoms with van der Waals surface area (Å²) >= 11 is 0. The highest BCUT2D eigenvalue weighted by Crippen LogP contribution is 2.38. The number of likely N-dealkylation sites (tertiary alicyclic amines) is 1. The van der Waals surface area contributed by atoms with Gasteiger partial charge in [0.15, 0.2) is 0 Å². The van der Waals surface area contributed by atoms with Crippen LogP contribution in [0.15, 0.2) is 0 Å². The second kappa shape index (κ2) is 5.72. The molecule has 0 aromatic carbocycles. The van der Waals surface area contributed by atoms with Crippen LogP contribution in [0, 0.1) is 5.92 Å². The van der Waals surface area contributed by atoms with Crippen LogP contribution in [-0.2, 0) is 14.3 Å². The Labute approximate surface area is 120 Å². The molecule has 2 rings (SSSR count). The summed E-state index contributed by atoms with van der Waals surface area (Å²) in [5.41, 5.74) is -1.29. The van der Waals surface area contributed by atoms with Crippen molar-refractivity contribution in [1.82, 2.24) is 4.90 Å². The highest BCUT2D eigenvalue weighted by molar-refractivity contribution is 5.77. The zero-order valence-corrected chi connectivity index (χ0v) is 12.7. The summed E-state index contributed by atoms with van der Waals surface area (Å²) in [6, 6.07) is 0. The Bertz CT molecular complexity index is 371. The standard InChI is InChI=1S/C15H25NO4/c1-14(2,3)20-13(18)16-8-5-4-7-15(16,11-17)12-6-9-19-10-12/h11-12H,4-10H2,1-3H3. The molecule has 5 heteroatoms. The fourth-order valence-electron chi connectivity index (χ4n) is 3.17. The van der Waals surface area contributed by atoms with Gasteiger partial charge in [-0.15, -0.1) is 0 Å². The van der Waals surface area contributed by atoms with Crippen molar-refractivity contribution in [3.05, 3.63) is 0 Å². The van der Waals surface area contributed by atoms with Gasteiger partial charge < -0.3 is 14.3 Å². The summed E-state index contributed by atoms with van der Waals surface area (Å²) in [5, 5.41) is 0. The molecular weight excluding hydrogens is 258 g/mol. The number of hydrogen-bond acceptors (Lipinski definition) is 4. The van der Waals surface area contributed by atoms with E-state index in [1.165, 1.54) is 0 Å². The van der Waals surface area contributed by atoms with Crippen molar-refractivity contribution in [2.45, 2.75) is 57.6 Å². The third-order valence-corrected chi connectivity index (χ3v) is 4.17. The molecule has 5 nitrogen and oxygen atoms in total. The maximum absolute atomic E-state index is 12.4. The summed E-state index contributed by atoms with van der Waals surface area (Å²) in [6.45, 7) is 7.34. The fraction of sp³-hybridized carbons (Fsp3) is 0.867. The van der Waals surface area contributed by atoms with E-state index in [0.717, 1.165) is 25.5 Å². The first kappa shape index (κ1) is 15.3. The number of nitrogens with zero attached hydrogens (tertiary/aromatic N) is 1. The van der Waals surface area contributed by atoms with Crippen molar-refractivity contribution in [3.63, 3.8) is 0 Å². The van der Waals surface area contributed by atoms with Crippen LogP contribution in [0.2, 0.25) is 0 Å². The average molecular weight is 283 g/mol. The summed E-state index contributed by atoms with van der Waals surface area (Å²) < 4.78 is 10.9. The molecule has 2 saturated heterocycles. The number of piperidine rings is 1. The zero-order chi connectivity index (χ0) is 14.8. The third-order valence-electron chi connectivity index (χ3n) is 4.17. The van der Waals surface area contributed by atoms with Gasteiger partial charge in [0.1, 0.15) is 17.4 Å². The lowest BCUT2D eigenvalue weighted by Crippen LogP contribution is -2.61. The number of carbonyl (C=O) groups excluding carboxylic acids is 2. The van der Waals surface area contributed by atoms with E-state index in [0.29, 0.717) is 26.2 Å². The van der Waals surface area contributed by atoms with Gasteiger partial charge in [0.2, 0.25) is 0 Å². The predicted octanol–water partition coefficient (Wildman–Crippen LogP) is 2.38. The fourth-order valence-corrected chi connectivity index (χ4v) is 3.17. The van der Waals surface area contributed by atoms with Gasteiger partial charge >= 0.3 is 6.09 Å². The molecule has 1 amide bonds. The van der Waals surface area contributed by atoms with Gasteiger partial charge in [0, 0.05) is 19.1 Å². The molecule has 0 N–H and O–H groups in total. The second-order valence-corrected chi connectivity index (χ2v) is 6.76. The summed E-state index contributed by atoms with van der Waals surface area (Å²) in [7, 11) is 0. The van der Waals surface area contributed by atoms with Gasteiger partial charge in [-0.25, -0.2) is 4.79 Å². The Kier molecular flexibility index (Phi) is 4.37. The van der Waals surface area contributed by atoms with Crippen LogP contribution in [0.5, 0.6) is 0 Å². The van der Waals surface area contributed by atoms with Gasteiger partial charge in [-0.2, -0.15) is 0 Å². The second-order valence-electron chi connectivity index (χ2n) is 6.76. The monoisotopic (exact) mass is 283 g/mol. The number of carbonyl (C=O) groups is 2. The number of amides is 1. The summed E-state index contributed by atoms with van der Waals surface area (Å²) in [6.07, 6.45) is 4.00.